The zero-order chi connectivity index (χ0) is 23.2. The molecule has 1 atom stereocenters. The van der Waals surface area contributed by atoms with Crippen LogP contribution in [0.1, 0.15) is 12.0 Å². The van der Waals surface area contributed by atoms with Crippen molar-refractivity contribution in [3.63, 3.8) is 0 Å². The number of aromatic nitrogens is 2. The molecule has 1 aromatic carbocycles. The van der Waals surface area contributed by atoms with Gasteiger partial charge in [-0.15, -0.1) is 0 Å². The number of amides is 2. The van der Waals surface area contributed by atoms with Gasteiger partial charge >= 0.3 is 12.2 Å². The van der Waals surface area contributed by atoms with Gasteiger partial charge in [-0.25, -0.2) is 14.8 Å². The molecule has 0 unspecified atom stereocenters. The fraction of sp³-hybridized carbons (Fsp3) is 0.261. The van der Waals surface area contributed by atoms with Gasteiger partial charge in [0.15, 0.2) is 5.82 Å². The lowest BCUT2D eigenvalue weighted by molar-refractivity contribution is -0.137. The average molecular weight is 455 g/mol. The summed E-state index contributed by atoms with van der Waals surface area (Å²) in [6.45, 7) is 1.44. The van der Waals surface area contributed by atoms with Crippen LogP contribution in [0.2, 0.25) is 0 Å². The number of ether oxygens (including phenoxy) is 1. The minimum Gasteiger partial charge on any atom is -0.481 e. The number of carbonyl (C=O) groups is 1. The average Bonchev–Trinajstić information content (AvgIpc) is 3.22. The molecule has 0 aliphatic carbocycles. The number of halogens is 3. The molecule has 1 N–H and O–H groups in total. The summed E-state index contributed by atoms with van der Waals surface area (Å²) < 4.78 is 44.7. The summed E-state index contributed by atoms with van der Waals surface area (Å²) in [5.41, 5.74) is 1.25. The van der Waals surface area contributed by atoms with E-state index in [4.69, 9.17) is 4.74 Å². The molecular weight excluding hydrogens is 435 g/mol. The molecular formula is C23H20F3N5O2. The van der Waals surface area contributed by atoms with Gasteiger partial charge in [-0.3, -0.25) is 4.90 Å². The summed E-state index contributed by atoms with van der Waals surface area (Å²) in [5.74, 6) is 0.793. The van der Waals surface area contributed by atoms with Gasteiger partial charge in [0.1, 0.15) is 0 Å². The number of methoxy groups -OCH3 is 1. The maximum absolute atomic E-state index is 13.3. The largest absolute Gasteiger partial charge is 0.481 e. The second-order valence-corrected chi connectivity index (χ2v) is 7.89. The Bertz CT molecular complexity index is 1220. The Balaban J connectivity index is 1.51. The Hall–Kier alpha value is -3.82. The van der Waals surface area contributed by atoms with Crippen LogP contribution in [0.3, 0.4) is 0 Å². The van der Waals surface area contributed by atoms with E-state index in [0.29, 0.717) is 35.2 Å². The highest BCUT2D eigenvalue weighted by Crippen LogP contribution is 2.41. The third-order valence-electron chi connectivity index (χ3n) is 5.85. The highest BCUT2D eigenvalue weighted by atomic mass is 19.4. The summed E-state index contributed by atoms with van der Waals surface area (Å²) in [6.07, 6.45) is -2.16. The first-order valence-electron chi connectivity index (χ1n) is 10.4. The topological polar surface area (TPSA) is 70.6 Å². The van der Waals surface area contributed by atoms with E-state index in [1.807, 2.05) is 6.07 Å². The molecule has 10 heteroatoms. The maximum atomic E-state index is 13.3. The number of nitrogens with one attached hydrogen (secondary N) is 1. The molecule has 5 rings (SSSR count). The molecule has 170 valence electrons. The maximum Gasteiger partial charge on any atom is 0.416 e. The lowest BCUT2D eigenvalue weighted by Crippen LogP contribution is -2.48. The number of urea groups is 1. The monoisotopic (exact) mass is 455 g/mol. The molecule has 1 fully saturated rings. The van der Waals surface area contributed by atoms with Crippen LogP contribution in [0.15, 0.2) is 54.7 Å². The minimum atomic E-state index is -4.45. The minimum absolute atomic E-state index is 0.0921. The van der Waals surface area contributed by atoms with Gasteiger partial charge in [-0.1, -0.05) is 12.1 Å². The summed E-state index contributed by atoms with van der Waals surface area (Å²) >= 11 is 0. The van der Waals surface area contributed by atoms with Crippen LogP contribution in [-0.2, 0) is 6.18 Å². The fourth-order valence-electron chi connectivity index (χ4n) is 4.27. The predicted molar refractivity (Wildman–Crippen MR) is 118 cm³/mol. The highest BCUT2D eigenvalue weighted by molar-refractivity contribution is 6.04. The molecule has 1 saturated heterocycles. The van der Waals surface area contributed by atoms with E-state index in [-0.39, 0.29) is 12.1 Å². The third-order valence-corrected chi connectivity index (χ3v) is 5.85. The van der Waals surface area contributed by atoms with Gasteiger partial charge in [0, 0.05) is 36.6 Å². The predicted octanol–water partition coefficient (Wildman–Crippen LogP) is 4.80. The number of alkyl halides is 3. The number of anilines is 3. The van der Waals surface area contributed by atoms with Gasteiger partial charge in [0.05, 0.1) is 30.1 Å². The molecule has 33 heavy (non-hydrogen) atoms. The number of nitrogens with zero attached hydrogens (tertiary/aromatic N) is 4. The molecule has 4 heterocycles. The Morgan fingerprint density at radius 3 is 2.82 bits per heavy atom. The van der Waals surface area contributed by atoms with Crippen LogP contribution < -0.4 is 19.9 Å². The number of rotatable bonds is 3. The van der Waals surface area contributed by atoms with Crippen LogP contribution in [0, 0.1) is 0 Å². The van der Waals surface area contributed by atoms with Crippen molar-refractivity contribution in [3.05, 3.63) is 60.3 Å². The summed E-state index contributed by atoms with van der Waals surface area (Å²) in [5, 5.41) is 2.86. The van der Waals surface area contributed by atoms with Crippen LogP contribution in [0.5, 0.6) is 5.88 Å². The zero-order valence-electron chi connectivity index (χ0n) is 17.6. The van der Waals surface area contributed by atoms with E-state index >= 15 is 0 Å². The van der Waals surface area contributed by atoms with Gasteiger partial charge in [0.25, 0.3) is 0 Å². The second-order valence-electron chi connectivity index (χ2n) is 7.89. The number of fused-ring (bicyclic) bond motifs is 4. The van der Waals surface area contributed by atoms with Crippen LogP contribution in [0.4, 0.5) is 35.2 Å². The molecule has 2 aliphatic rings. The molecule has 0 spiro atoms. The van der Waals surface area contributed by atoms with Gasteiger partial charge in [0.2, 0.25) is 5.88 Å². The lowest BCUT2D eigenvalue weighted by Gasteiger charge is -2.36. The highest BCUT2D eigenvalue weighted by Gasteiger charge is 2.40. The number of benzene rings is 1. The van der Waals surface area contributed by atoms with E-state index < -0.39 is 11.7 Å². The Morgan fingerprint density at radius 2 is 2.03 bits per heavy atom. The van der Waals surface area contributed by atoms with Crippen molar-refractivity contribution in [2.24, 2.45) is 0 Å². The lowest BCUT2D eigenvalue weighted by atomic mass is 10.1. The molecule has 2 aromatic heterocycles. The molecule has 2 bridgehead atoms. The summed E-state index contributed by atoms with van der Waals surface area (Å²) in [6, 6.07) is 11.3. The van der Waals surface area contributed by atoms with E-state index in [1.165, 1.54) is 19.4 Å². The van der Waals surface area contributed by atoms with E-state index in [9.17, 15) is 18.0 Å². The number of carbonyl (C=O) groups excluding carboxylic acids is 1. The van der Waals surface area contributed by atoms with Gasteiger partial charge < -0.3 is 15.0 Å². The number of hydrogen-bond donors (Lipinski definition) is 1. The first kappa shape index (κ1) is 21.0. The molecule has 0 saturated carbocycles. The van der Waals surface area contributed by atoms with E-state index in [0.717, 1.165) is 30.8 Å². The number of hydrogen-bond acceptors (Lipinski definition) is 5. The first-order chi connectivity index (χ1) is 15.8. The molecule has 2 aliphatic heterocycles. The van der Waals surface area contributed by atoms with Crippen molar-refractivity contribution >= 4 is 23.2 Å². The molecule has 7 nitrogen and oxygen atoms in total. The van der Waals surface area contributed by atoms with Crippen molar-refractivity contribution in [2.45, 2.75) is 18.6 Å². The van der Waals surface area contributed by atoms with E-state index in [2.05, 4.69) is 20.2 Å². The van der Waals surface area contributed by atoms with Crippen LogP contribution in [-0.4, -0.2) is 42.2 Å². The van der Waals surface area contributed by atoms with Crippen molar-refractivity contribution in [2.75, 3.05) is 35.3 Å². The van der Waals surface area contributed by atoms with Crippen LogP contribution >= 0.6 is 0 Å². The smallest absolute Gasteiger partial charge is 0.416 e. The van der Waals surface area contributed by atoms with Gasteiger partial charge in [-0.05, 0) is 36.8 Å². The second kappa shape index (κ2) is 7.95. The Labute approximate surface area is 187 Å². The third kappa shape index (κ3) is 3.92. The molecule has 0 radical (unpaired) electrons. The van der Waals surface area contributed by atoms with E-state index in [1.54, 1.807) is 29.2 Å². The summed E-state index contributed by atoms with van der Waals surface area (Å²) in [7, 11) is 1.49. The molecule has 2 amide bonds. The van der Waals surface area contributed by atoms with Crippen LogP contribution in [0.25, 0.3) is 11.3 Å². The standard InChI is InChI=1S/C23H20F3N5O2/c1-33-20-12-16(7-9-27-20)28-22(32)31-17-8-10-30(13-17)19-6-5-18(29-21(19)31)14-3-2-4-15(11-14)23(24,25)26/h2-7,9,11-12,17H,8,10,13H2,1H3,(H,27,28,32)/t17-/m0/s1. The SMILES string of the molecule is COc1cc(NC(=O)N2c3nc(-c4cccc(C(F)(F)F)c4)ccc3N3CC[C@H]2C3)ccn1. The summed E-state index contributed by atoms with van der Waals surface area (Å²) in [4.78, 5) is 25.7. The Kier molecular flexibility index (Phi) is 5.07. The zero-order valence-corrected chi connectivity index (χ0v) is 17.6. The van der Waals surface area contributed by atoms with Crippen molar-refractivity contribution in [1.82, 2.24) is 9.97 Å². The number of pyridine rings is 2. The Morgan fingerprint density at radius 1 is 1.18 bits per heavy atom. The quantitative estimate of drug-likeness (QED) is 0.614. The van der Waals surface area contributed by atoms with Crippen molar-refractivity contribution < 1.29 is 22.7 Å². The fourth-order valence-corrected chi connectivity index (χ4v) is 4.27. The molecule has 3 aromatic rings. The first-order valence-corrected chi connectivity index (χ1v) is 10.4. The van der Waals surface area contributed by atoms with Gasteiger partial charge in [-0.2, -0.15) is 13.2 Å². The van der Waals surface area contributed by atoms with Crippen molar-refractivity contribution in [3.8, 4) is 17.1 Å². The van der Waals surface area contributed by atoms with Crippen molar-refractivity contribution in [1.29, 1.82) is 0 Å². The normalized spacial score (nSPS) is 17.0.